The second-order valence-corrected chi connectivity index (χ2v) is 5.69. The van der Waals surface area contributed by atoms with Gasteiger partial charge in [-0.15, -0.1) is 0 Å². The van der Waals surface area contributed by atoms with Crippen molar-refractivity contribution in [2.45, 2.75) is 57.2 Å². The highest BCUT2D eigenvalue weighted by Gasteiger charge is 2.20. The molecule has 2 atom stereocenters. The predicted molar refractivity (Wildman–Crippen MR) is 71.8 cm³/mol. The number of benzene rings is 1. The first-order chi connectivity index (χ1) is 8.81. The number of hydrogen-bond donors (Lipinski definition) is 1. The predicted octanol–water partition coefficient (Wildman–Crippen LogP) is 2.65. The Hall–Kier alpha value is -0.860. The molecule has 0 bridgehead atoms. The van der Waals surface area contributed by atoms with Gasteiger partial charge in [0, 0.05) is 6.61 Å². The van der Waals surface area contributed by atoms with Gasteiger partial charge in [0.25, 0.3) is 0 Å². The van der Waals surface area contributed by atoms with Gasteiger partial charge in [-0.05, 0) is 61.6 Å². The van der Waals surface area contributed by atoms with Crippen molar-refractivity contribution in [3.05, 3.63) is 34.9 Å². The number of rotatable bonds is 4. The Balaban J connectivity index is 1.58. The Morgan fingerprint density at radius 1 is 1.22 bits per heavy atom. The summed E-state index contributed by atoms with van der Waals surface area (Å²) in [6, 6.07) is 6.72. The van der Waals surface area contributed by atoms with Crippen molar-refractivity contribution in [3.8, 4) is 0 Å². The number of aliphatic hydroxyl groups excluding tert-OH is 1. The van der Waals surface area contributed by atoms with Crippen LogP contribution in [0.1, 0.15) is 42.4 Å². The molecule has 1 aromatic rings. The van der Waals surface area contributed by atoms with Crippen LogP contribution < -0.4 is 0 Å². The number of hydrogen-bond acceptors (Lipinski definition) is 2. The molecule has 2 nitrogen and oxygen atoms in total. The summed E-state index contributed by atoms with van der Waals surface area (Å²) in [5, 5.41) is 10.1. The third-order valence-corrected chi connectivity index (χ3v) is 4.19. The van der Waals surface area contributed by atoms with Gasteiger partial charge >= 0.3 is 0 Å². The van der Waals surface area contributed by atoms with Gasteiger partial charge in [-0.25, -0.2) is 0 Å². The molecule has 3 rings (SSSR count). The number of aliphatic hydroxyl groups is 1. The maximum Gasteiger partial charge on any atom is 0.0605 e. The zero-order valence-corrected chi connectivity index (χ0v) is 10.9. The lowest BCUT2D eigenvalue weighted by molar-refractivity contribution is 0.0541. The number of ether oxygens (including phenoxy) is 1. The zero-order valence-electron chi connectivity index (χ0n) is 10.9. The van der Waals surface area contributed by atoms with Crippen molar-refractivity contribution in [1.29, 1.82) is 0 Å². The zero-order chi connectivity index (χ0) is 12.4. The van der Waals surface area contributed by atoms with Gasteiger partial charge in [0.2, 0.25) is 0 Å². The van der Waals surface area contributed by atoms with Gasteiger partial charge in [-0.1, -0.05) is 18.2 Å². The van der Waals surface area contributed by atoms with Crippen molar-refractivity contribution < 1.29 is 9.84 Å². The Morgan fingerprint density at radius 2 is 2.11 bits per heavy atom. The first-order valence-electron chi connectivity index (χ1n) is 7.21. The molecule has 1 saturated heterocycles. The van der Waals surface area contributed by atoms with E-state index in [9.17, 15) is 5.11 Å². The fourth-order valence-corrected chi connectivity index (χ4v) is 3.24. The van der Waals surface area contributed by atoms with Crippen molar-refractivity contribution >= 4 is 0 Å². The molecule has 0 spiro atoms. The van der Waals surface area contributed by atoms with E-state index in [4.69, 9.17) is 4.74 Å². The van der Waals surface area contributed by atoms with E-state index in [-0.39, 0.29) is 12.2 Å². The molecular formula is C16H22O2. The molecule has 98 valence electrons. The van der Waals surface area contributed by atoms with E-state index in [1.807, 2.05) is 0 Å². The molecular weight excluding hydrogens is 224 g/mol. The normalized spacial score (nSPS) is 24.2. The molecule has 2 heteroatoms. The third-order valence-electron chi connectivity index (χ3n) is 4.19. The van der Waals surface area contributed by atoms with E-state index in [0.29, 0.717) is 0 Å². The van der Waals surface area contributed by atoms with Gasteiger partial charge in [-0.2, -0.15) is 0 Å². The first kappa shape index (κ1) is 12.2. The summed E-state index contributed by atoms with van der Waals surface area (Å²) in [5.41, 5.74) is 4.28. The third kappa shape index (κ3) is 2.76. The summed E-state index contributed by atoms with van der Waals surface area (Å²) >= 11 is 0. The SMILES string of the molecule is OC(Cc1ccc2c(c1)CCC2)CC1CCCO1. The van der Waals surface area contributed by atoms with Crippen LogP contribution in [0.3, 0.4) is 0 Å². The van der Waals surface area contributed by atoms with E-state index in [1.54, 1.807) is 0 Å². The minimum atomic E-state index is -0.257. The molecule has 1 fully saturated rings. The van der Waals surface area contributed by atoms with Crippen molar-refractivity contribution in [1.82, 2.24) is 0 Å². The molecule has 0 amide bonds. The minimum Gasteiger partial charge on any atom is -0.393 e. The fraction of sp³-hybridized carbons (Fsp3) is 0.625. The molecule has 2 aliphatic rings. The lowest BCUT2D eigenvalue weighted by Gasteiger charge is -2.15. The highest BCUT2D eigenvalue weighted by Crippen LogP contribution is 2.24. The van der Waals surface area contributed by atoms with E-state index < -0.39 is 0 Å². The number of aryl methyl sites for hydroxylation is 2. The average Bonchev–Trinajstić information content (AvgIpc) is 2.98. The van der Waals surface area contributed by atoms with E-state index in [1.165, 1.54) is 36.0 Å². The lowest BCUT2D eigenvalue weighted by Crippen LogP contribution is -2.19. The van der Waals surface area contributed by atoms with Crippen LogP contribution in [0.2, 0.25) is 0 Å². The topological polar surface area (TPSA) is 29.5 Å². The molecule has 0 saturated carbocycles. The summed E-state index contributed by atoms with van der Waals surface area (Å²) in [7, 11) is 0. The smallest absolute Gasteiger partial charge is 0.0605 e. The van der Waals surface area contributed by atoms with Gasteiger partial charge in [0.05, 0.1) is 12.2 Å². The molecule has 2 unspecified atom stereocenters. The molecule has 1 aliphatic carbocycles. The molecule has 1 heterocycles. The fourth-order valence-electron chi connectivity index (χ4n) is 3.24. The Bertz CT molecular complexity index is 408. The second-order valence-electron chi connectivity index (χ2n) is 5.69. The highest BCUT2D eigenvalue weighted by atomic mass is 16.5. The molecule has 0 aromatic heterocycles. The van der Waals surface area contributed by atoms with Crippen LogP contribution in [0.25, 0.3) is 0 Å². The maximum absolute atomic E-state index is 10.1. The van der Waals surface area contributed by atoms with Crippen LogP contribution in [0, 0.1) is 0 Å². The van der Waals surface area contributed by atoms with Crippen molar-refractivity contribution in [2.75, 3.05) is 6.61 Å². The summed E-state index contributed by atoms with van der Waals surface area (Å²) in [6.45, 7) is 0.871. The van der Waals surface area contributed by atoms with E-state index in [2.05, 4.69) is 18.2 Å². The average molecular weight is 246 g/mol. The van der Waals surface area contributed by atoms with Crippen LogP contribution in [-0.4, -0.2) is 23.9 Å². The minimum absolute atomic E-state index is 0.257. The molecule has 1 aliphatic heterocycles. The van der Waals surface area contributed by atoms with Gasteiger partial charge in [0.15, 0.2) is 0 Å². The van der Waals surface area contributed by atoms with Crippen molar-refractivity contribution in [3.63, 3.8) is 0 Å². The Morgan fingerprint density at radius 3 is 2.94 bits per heavy atom. The lowest BCUT2D eigenvalue weighted by atomic mass is 9.99. The van der Waals surface area contributed by atoms with Gasteiger partial charge in [-0.3, -0.25) is 0 Å². The quantitative estimate of drug-likeness (QED) is 0.885. The van der Waals surface area contributed by atoms with Crippen LogP contribution in [0.5, 0.6) is 0 Å². The summed E-state index contributed by atoms with van der Waals surface area (Å²) < 4.78 is 5.58. The van der Waals surface area contributed by atoms with Crippen LogP contribution in [0.4, 0.5) is 0 Å². The monoisotopic (exact) mass is 246 g/mol. The maximum atomic E-state index is 10.1. The molecule has 18 heavy (non-hydrogen) atoms. The number of fused-ring (bicyclic) bond motifs is 1. The Labute approximate surface area is 109 Å². The van der Waals surface area contributed by atoms with Gasteiger partial charge in [0.1, 0.15) is 0 Å². The largest absolute Gasteiger partial charge is 0.393 e. The van der Waals surface area contributed by atoms with Crippen LogP contribution >= 0.6 is 0 Å². The summed E-state index contributed by atoms with van der Waals surface area (Å²) in [6.07, 6.45) is 7.58. The van der Waals surface area contributed by atoms with Crippen LogP contribution in [-0.2, 0) is 24.0 Å². The van der Waals surface area contributed by atoms with Crippen molar-refractivity contribution in [2.24, 2.45) is 0 Å². The highest BCUT2D eigenvalue weighted by molar-refractivity contribution is 5.35. The Kier molecular flexibility index (Phi) is 3.67. The van der Waals surface area contributed by atoms with E-state index in [0.717, 1.165) is 32.3 Å². The molecule has 1 N–H and O–H groups in total. The van der Waals surface area contributed by atoms with E-state index >= 15 is 0 Å². The summed E-state index contributed by atoms with van der Waals surface area (Å²) in [5.74, 6) is 0. The molecule has 1 aromatic carbocycles. The second kappa shape index (κ2) is 5.41. The summed E-state index contributed by atoms with van der Waals surface area (Å²) in [4.78, 5) is 0. The van der Waals surface area contributed by atoms with Gasteiger partial charge < -0.3 is 9.84 Å². The standard InChI is InChI=1S/C16H22O2/c17-15(11-16-5-2-8-18-16)10-12-6-7-13-3-1-4-14(13)9-12/h6-7,9,15-17H,1-5,8,10-11H2. The first-order valence-corrected chi connectivity index (χ1v) is 7.21. The van der Waals surface area contributed by atoms with Crippen LogP contribution in [0.15, 0.2) is 18.2 Å². The molecule has 0 radical (unpaired) electrons.